The fourth-order valence-corrected chi connectivity index (χ4v) is 1.16. The highest BCUT2D eigenvalue weighted by Crippen LogP contribution is 2.21. The van der Waals surface area contributed by atoms with Crippen LogP contribution >= 0.6 is 0 Å². The molecule has 0 aliphatic carbocycles. The van der Waals surface area contributed by atoms with Gasteiger partial charge in [0.05, 0.1) is 4.92 Å². The Kier molecular flexibility index (Phi) is 2.48. The number of nitro benzene ring substituents is 1. The molecule has 1 aromatic carbocycles. The monoisotopic (exact) mass is 221 g/mol. The van der Waals surface area contributed by atoms with E-state index in [4.69, 9.17) is 10.4 Å². The van der Waals surface area contributed by atoms with Crippen LogP contribution in [0.15, 0.2) is 28.8 Å². The molecule has 82 valence electrons. The lowest BCUT2D eigenvalue weighted by molar-refractivity contribution is -0.384. The van der Waals surface area contributed by atoms with E-state index in [9.17, 15) is 10.1 Å². The van der Waals surface area contributed by atoms with Crippen molar-refractivity contribution in [1.29, 1.82) is 0 Å². The minimum Gasteiger partial charge on any atom is -0.314 e. The first-order valence-electron chi connectivity index (χ1n) is 4.26. The number of benzene rings is 1. The Morgan fingerprint density at radius 3 is 2.94 bits per heavy atom. The van der Waals surface area contributed by atoms with Crippen LogP contribution in [-0.2, 0) is 0 Å². The Bertz CT molecular complexity index is 524. The molecule has 0 unspecified atom stereocenters. The number of hydrogen-bond acceptors (Lipinski definition) is 7. The van der Waals surface area contributed by atoms with Gasteiger partial charge >= 0.3 is 6.01 Å². The van der Waals surface area contributed by atoms with E-state index in [-0.39, 0.29) is 17.5 Å². The number of hydrogen-bond donors (Lipinski definition) is 2. The standard InChI is InChI=1S/C8H7N5O3/c9-11-8-10-7(12-16-8)5-2-1-3-6(4-5)13(14)15/h1-4H,9H2,(H,10,11,12). The third-order valence-corrected chi connectivity index (χ3v) is 1.86. The molecule has 0 spiro atoms. The van der Waals surface area contributed by atoms with Crippen molar-refractivity contribution >= 4 is 11.7 Å². The maximum atomic E-state index is 10.6. The van der Waals surface area contributed by atoms with Gasteiger partial charge in [-0.05, 0) is 0 Å². The molecule has 2 rings (SSSR count). The molecule has 0 aliphatic rings. The van der Waals surface area contributed by atoms with Gasteiger partial charge in [-0.15, -0.1) is 0 Å². The number of rotatable bonds is 3. The van der Waals surface area contributed by atoms with Crippen LogP contribution in [0.1, 0.15) is 0 Å². The molecule has 0 fully saturated rings. The van der Waals surface area contributed by atoms with Gasteiger partial charge in [-0.25, -0.2) is 5.84 Å². The molecule has 8 heteroatoms. The molecule has 3 N–H and O–H groups in total. The molecule has 8 nitrogen and oxygen atoms in total. The van der Waals surface area contributed by atoms with E-state index in [2.05, 4.69) is 15.6 Å². The van der Waals surface area contributed by atoms with Crippen molar-refractivity contribution in [2.24, 2.45) is 5.84 Å². The SMILES string of the molecule is NNc1nc(-c2cccc([N+](=O)[O-])c2)no1. The number of nitrogens with one attached hydrogen (secondary N) is 1. The van der Waals surface area contributed by atoms with Crippen molar-refractivity contribution in [3.8, 4) is 11.4 Å². The number of hydrazine groups is 1. The van der Waals surface area contributed by atoms with Crippen molar-refractivity contribution in [3.63, 3.8) is 0 Å². The van der Waals surface area contributed by atoms with Crippen molar-refractivity contribution in [1.82, 2.24) is 10.1 Å². The van der Waals surface area contributed by atoms with Crippen LogP contribution in [0, 0.1) is 10.1 Å². The predicted octanol–water partition coefficient (Wildman–Crippen LogP) is 0.930. The number of non-ortho nitro benzene ring substituents is 1. The van der Waals surface area contributed by atoms with Gasteiger partial charge in [0.25, 0.3) is 5.69 Å². The molecule has 0 saturated heterocycles. The summed E-state index contributed by atoms with van der Waals surface area (Å²) in [5.74, 6) is 5.30. The van der Waals surface area contributed by atoms with E-state index in [1.807, 2.05) is 0 Å². The van der Waals surface area contributed by atoms with Crippen LogP contribution in [0.2, 0.25) is 0 Å². The predicted molar refractivity (Wildman–Crippen MR) is 54.2 cm³/mol. The van der Waals surface area contributed by atoms with Gasteiger partial charge in [0, 0.05) is 17.7 Å². The third kappa shape index (κ3) is 1.81. The first-order chi connectivity index (χ1) is 7.70. The molecule has 16 heavy (non-hydrogen) atoms. The summed E-state index contributed by atoms with van der Waals surface area (Å²) in [4.78, 5) is 13.9. The van der Waals surface area contributed by atoms with E-state index in [0.29, 0.717) is 5.56 Å². The van der Waals surface area contributed by atoms with Gasteiger partial charge in [0.2, 0.25) is 5.82 Å². The van der Waals surface area contributed by atoms with E-state index in [0.717, 1.165) is 0 Å². The van der Waals surface area contributed by atoms with Crippen LogP contribution in [-0.4, -0.2) is 15.1 Å². The molecule has 1 heterocycles. The second kappa shape index (κ2) is 3.95. The lowest BCUT2D eigenvalue weighted by Crippen LogP contribution is -2.06. The van der Waals surface area contributed by atoms with E-state index in [1.54, 1.807) is 12.1 Å². The lowest BCUT2D eigenvalue weighted by atomic mass is 10.2. The summed E-state index contributed by atoms with van der Waals surface area (Å²) in [5.41, 5.74) is 2.63. The fourth-order valence-electron chi connectivity index (χ4n) is 1.16. The largest absolute Gasteiger partial charge is 0.335 e. The molecule has 0 saturated carbocycles. The first kappa shape index (κ1) is 10.1. The highest BCUT2D eigenvalue weighted by atomic mass is 16.6. The Morgan fingerprint density at radius 1 is 1.50 bits per heavy atom. The van der Waals surface area contributed by atoms with Gasteiger partial charge in [-0.3, -0.25) is 15.5 Å². The molecule has 0 atom stereocenters. The molecule has 2 aromatic rings. The van der Waals surface area contributed by atoms with Crippen LogP contribution in [0.4, 0.5) is 11.7 Å². The Labute approximate surface area is 89.2 Å². The van der Waals surface area contributed by atoms with E-state index >= 15 is 0 Å². The van der Waals surface area contributed by atoms with Crippen molar-refractivity contribution in [3.05, 3.63) is 34.4 Å². The minimum absolute atomic E-state index is 0.0374. The second-order valence-electron chi connectivity index (χ2n) is 2.87. The van der Waals surface area contributed by atoms with Gasteiger partial charge in [-0.2, -0.15) is 4.98 Å². The number of nitro groups is 1. The quantitative estimate of drug-likeness (QED) is 0.449. The highest BCUT2D eigenvalue weighted by molar-refractivity contribution is 5.59. The number of anilines is 1. The number of nitrogens with two attached hydrogens (primary N) is 1. The maximum Gasteiger partial charge on any atom is 0.335 e. The van der Waals surface area contributed by atoms with Gasteiger partial charge in [-0.1, -0.05) is 17.3 Å². The lowest BCUT2D eigenvalue weighted by Gasteiger charge is -1.94. The average Bonchev–Trinajstić information content (AvgIpc) is 2.77. The second-order valence-corrected chi connectivity index (χ2v) is 2.87. The zero-order valence-electron chi connectivity index (χ0n) is 7.95. The van der Waals surface area contributed by atoms with Crippen molar-refractivity contribution in [2.45, 2.75) is 0 Å². The Balaban J connectivity index is 2.40. The highest BCUT2D eigenvalue weighted by Gasteiger charge is 2.11. The van der Waals surface area contributed by atoms with Gasteiger partial charge in [0.1, 0.15) is 0 Å². The molecule has 0 radical (unpaired) electrons. The van der Waals surface area contributed by atoms with Crippen LogP contribution in [0.3, 0.4) is 0 Å². The smallest absolute Gasteiger partial charge is 0.314 e. The molecular weight excluding hydrogens is 214 g/mol. The summed E-state index contributed by atoms with van der Waals surface area (Å²) in [6.07, 6.45) is 0. The summed E-state index contributed by atoms with van der Waals surface area (Å²) < 4.78 is 4.70. The molecule has 0 amide bonds. The molecular formula is C8H7N5O3. The Hall–Kier alpha value is -2.48. The molecule has 0 aliphatic heterocycles. The summed E-state index contributed by atoms with van der Waals surface area (Å²) >= 11 is 0. The van der Waals surface area contributed by atoms with Crippen LogP contribution in [0.5, 0.6) is 0 Å². The van der Waals surface area contributed by atoms with Crippen LogP contribution < -0.4 is 11.3 Å². The topological polar surface area (TPSA) is 120 Å². The zero-order valence-corrected chi connectivity index (χ0v) is 7.95. The Morgan fingerprint density at radius 2 is 2.31 bits per heavy atom. The summed E-state index contributed by atoms with van der Waals surface area (Å²) in [5, 5.41) is 14.2. The molecule has 1 aromatic heterocycles. The number of nitrogen functional groups attached to an aromatic ring is 1. The average molecular weight is 221 g/mol. The van der Waals surface area contributed by atoms with Crippen molar-refractivity contribution in [2.75, 3.05) is 5.43 Å². The van der Waals surface area contributed by atoms with E-state index < -0.39 is 4.92 Å². The third-order valence-electron chi connectivity index (χ3n) is 1.86. The number of aromatic nitrogens is 2. The normalized spacial score (nSPS) is 10.1. The number of nitrogens with zero attached hydrogens (tertiary/aromatic N) is 3. The molecule has 0 bridgehead atoms. The first-order valence-corrected chi connectivity index (χ1v) is 4.26. The van der Waals surface area contributed by atoms with E-state index in [1.165, 1.54) is 12.1 Å². The summed E-state index contributed by atoms with van der Waals surface area (Å²) in [6, 6.07) is 5.95. The van der Waals surface area contributed by atoms with Crippen LogP contribution in [0.25, 0.3) is 11.4 Å². The fraction of sp³-hybridized carbons (Fsp3) is 0. The summed E-state index contributed by atoms with van der Waals surface area (Å²) in [6.45, 7) is 0. The summed E-state index contributed by atoms with van der Waals surface area (Å²) in [7, 11) is 0. The van der Waals surface area contributed by atoms with Crippen molar-refractivity contribution < 1.29 is 9.45 Å². The van der Waals surface area contributed by atoms with Gasteiger partial charge in [0.15, 0.2) is 0 Å². The maximum absolute atomic E-state index is 10.6. The van der Waals surface area contributed by atoms with Gasteiger partial charge < -0.3 is 4.52 Å². The zero-order chi connectivity index (χ0) is 11.5. The minimum atomic E-state index is -0.494.